The second-order valence-corrected chi connectivity index (χ2v) is 9.60. The first kappa shape index (κ1) is 23.3. The zero-order chi connectivity index (χ0) is 23.2. The van der Waals surface area contributed by atoms with Crippen molar-refractivity contribution in [2.45, 2.75) is 50.8 Å². The summed E-state index contributed by atoms with van der Waals surface area (Å²) < 4.78 is 8.21. The molecule has 7 heteroatoms. The van der Waals surface area contributed by atoms with Crippen molar-refractivity contribution in [3.8, 4) is 16.3 Å². The van der Waals surface area contributed by atoms with E-state index < -0.39 is 0 Å². The lowest BCUT2D eigenvalue weighted by Crippen LogP contribution is -2.12. The van der Waals surface area contributed by atoms with Gasteiger partial charge in [0.25, 0.3) is 0 Å². The van der Waals surface area contributed by atoms with Crippen LogP contribution in [0.1, 0.15) is 42.6 Å². The fourth-order valence-electron chi connectivity index (χ4n) is 3.49. The van der Waals surface area contributed by atoms with Crippen LogP contribution in [0.4, 0.5) is 0 Å². The lowest BCUT2D eigenvalue weighted by atomic mass is 10.1. The van der Waals surface area contributed by atoms with E-state index in [9.17, 15) is 0 Å². The van der Waals surface area contributed by atoms with Crippen molar-refractivity contribution < 1.29 is 4.74 Å². The number of aromatic nitrogens is 4. The van der Waals surface area contributed by atoms with E-state index in [1.807, 2.05) is 25.1 Å². The molecule has 0 spiro atoms. The molecule has 0 bridgehead atoms. The van der Waals surface area contributed by atoms with Crippen LogP contribution in [0, 0.1) is 6.92 Å². The predicted molar refractivity (Wildman–Crippen MR) is 137 cm³/mol. The molecule has 0 N–H and O–H groups in total. The lowest BCUT2D eigenvalue weighted by Gasteiger charge is -2.16. The largest absolute Gasteiger partial charge is 0.483 e. The summed E-state index contributed by atoms with van der Waals surface area (Å²) in [7, 11) is 0. The van der Waals surface area contributed by atoms with Gasteiger partial charge >= 0.3 is 0 Å². The van der Waals surface area contributed by atoms with Crippen molar-refractivity contribution in [3.63, 3.8) is 0 Å². The van der Waals surface area contributed by atoms with Crippen LogP contribution in [0.5, 0.6) is 5.75 Å². The summed E-state index contributed by atoms with van der Waals surface area (Å²) in [6, 6.07) is 16.6. The molecule has 0 radical (unpaired) electrons. The first-order chi connectivity index (χ1) is 16.1. The van der Waals surface area contributed by atoms with Gasteiger partial charge in [-0.25, -0.2) is 4.98 Å². The number of ether oxygens (including phenoxy) is 1. The van der Waals surface area contributed by atoms with Gasteiger partial charge in [0, 0.05) is 23.2 Å². The summed E-state index contributed by atoms with van der Waals surface area (Å²) in [6.07, 6.45) is 2.64. The van der Waals surface area contributed by atoms with E-state index in [2.05, 4.69) is 77.0 Å². The Labute approximate surface area is 203 Å². The molecule has 0 saturated heterocycles. The smallest absolute Gasteiger partial charge is 0.192 e. The number of thiazole rings is 1. The first-order valence-corrected chi connectivity index (χ1v) is 12.9. The molecular weight excluding hydrogens is 448 g/mol. The molecule has 4 aromatic rings. The molecule has 1 atom stereocenters. The van der Waals surface area contributed by atoms with Crippen molar-refractivity contribution in [1.29, 1.82) is 0 Å². The van der Waals surface area contributed by atoms with E-state index in [0.29, 0.717) is 6.54 Å². The normalized spacial score (nSPS) is 12.0. The molecule has 0 saturated carbocycles. The molecule has 1 unspecified atom stereocenters. The van der Waals surface area contributed by atoms with Gasteiger partial charge in [-0.2, -0.15) is 0 Å². The first-order valence-electron chi connectivity index (χ1n) is 11.0. The zero-order valence-electron chi connectivity index (χ0n) is 19.2. The minimum atomic E-state index is -0.230. The predicted octanol–water partition coefficient (Wildman–Crippen LogP) is 6.89. The van der Waals surface area contributed by atoms with Crippen LogP contribution in [0.2, 0.25) is 0 Å². The summed E-state index contributed by atoms with van der Waals surface area (Å²) in [6.45, 7) is 10.8. The van der Waals surface area contributed by atoms with E-state index in [1.54, 1.807) is 23.1 Å². The number of hydrogen-bond donors (Lipinski definition) is 0. The van der Waals surface area contributed by atoms with E-state index in [4.69, 9.17) is 9.72 Å². The third kappa shape index (κ3) is 5.72. The van der Waals surface area contributed by atoms with Crippen LogP contribution in [0.15, 0.2) is 71.7 Å². The van der Waals surface area contributed by atoms with Crippen molar-refractivity contribution in [2.75, 3.05) is 0 Å². The second-order valence-electron chi connectivity index (χ2n) is 7.80. The number of benzene rings is 2. The summed E-state index contributed by atoms with van der Waals surface area (Å²) in [5, 5.41) is 12.9. The summed E-state index contributed by atoms with van der Waals surface area (Å²) in [4.78, 5) is 4.82. The Morgan fingerprint density at radius 1 is 1.18 bits per heavy atom. The maximum Gasteiger partial charge on any atom is 0.192 e. The van der Waals surface area contributed by atoms with Gasteiger partial charge in [-0.15, -0.1) is 28.1 Å². The minimum absolute atomic E-state index is 0.230. The number of thioether (sulfide) groups is 1. The van der Waals surface area contributed by atoms with Crippen LogP contribution >= 0.6 is 23.1 Å². The highest BCUT2D eigenvalue weighted by atomic mass is 32.2. The molecule has 33 heavy (non-hydrogen) atoms. The van der Waals surface area contributed by atoms with E-state index in [-0.39, 0.29) is 6.10 Å². The monoisotopic (exact) mass is 476 g/mol. The molecule has 0 aliphatic heterocycles. The fourth-order valence-corrected chi connectivity index (χ4v) is 5.26. The van der Waals surface area contributed by atoms with Crippen LogP contribution in [0.25, 0.3) is 10.6 Å². The molecule has 5 nitrogen and oxygen atoms in total. The highest BCUT2D eigenvalue weighted by Crippen LogP contribution is 2.29. The minimum Gasteiger partial charge on any atom is -0.483 e. The number of nitrogens with zero attached hydrogens (tertiary/aromatic N) is 4. The molecular formula is C26H28N4OS2. The Morgan fingerprint density at radius 2 is 2.00 bits per heavy atom. The van der Waals surface area contributed by atoms with E-state index in [1.165, 1.54) is 11.1 Å². The average molecular weight is 477 g/mol. The van der Waals surface area contributed by atoms with Crippen molar-refractivity contribution in [1.82, 2.24) is 19.7 Å². The van der Waals surface area contributed by atoms with Crippen LogP contribution in [0.3, 0.4) is 0 Å². The average Bonchev–Trinajstić information content (AvgIpc) is 3.46. The second kappa shape index (κ2) is 10.8. The number of rotatable bonds is 10. The zero-order valence-corrected chi connectivity index (χ0v) is 20.8. The molecule has 0 aliphatic rings. The van der Waals surface area contributed by atoms with Gasteiger partial charge < -0.3 is 4.74 Å². The maximum atomic E-state index is 6.15. The standard InChI is InChI=1S/C26H28N4OS2/c1-5-14-30-24(19(4)31-23-12-10-20(6-2)11-13-23)28-29-26(30)33-17-22-16-32-25(27-22)21-9-7-8-18(3)15-21/h5,7-13,15-16,19H,1,6,14,17H2,2-4H3. The molecule has 2 aromatic carbocycles. The molecule has 0 aliphatic carbocycles. The summed E-state index contributed by atoms with van der Waals surface area (Å²) in [5.74, 6) is 2.34. The number of aryl methyl sites for hydroxylation is 2. The third-order valence-corrected chi connectivity index (χ3v) is 7.17. The van der Waals surface area contributed by atoms with Gasteiger partial charge in [0.2, 0.25) is 0 Å². The molecule has 2 aromatic heterocycles. The Balaban J connectivity index is 1.45. The maximum absolute atomic E-state index is 6.15. The van der Waals surface area contributed by atoms with Gasteiger partial charge in [0.05, 0.1) is 5.69 Å². The Morgan fingerprint density at radius 3 is 2.73 bits per heavy atom. The number of allylic oxidation sites excluding steroid dienone is 1. The molecule has 4 rings (SSSR count). The van der Waals surface area contributed by atoms with Gasteiger partial charge in [0.15, 0.2) is 17.1 Å². The van der Waals surface area contributed by atoms with Gasteiger partial charge in [-0.3, -0.25) is 4.57 Å². The summed E-state index contributed by atoms with van der Waals surface area (Å²) >= 11 is 3.30. The van der Waals surface area contributed by atoms with Gasteiger partial charge in [-0.05, 0) is 44.0 Å². The molecule has 0 amide bonds. The molecule has 0 fully saturated rings. The lowest BCUT2D eigenvalue weighted by molar-refractivity contribution is 0.210. The highest BCUT2D eigenvalue weighted by Gasteiger charge is 2.19. The van der Waals surface area contributed by atoms with Gasteiger partial charge in [0.1, 0.15) is 10.8 Å². The van der Waals surface area contributed by atoms with Crippen LogP contribution in [-0.2, 0) is 18.7 Å². The highest BCUT2D eigenvalue weighted by molar-refractivity contribution is 7.98. The van der Waals surface area contributed by atoms with E-state index in [0.717, 1.165) is 45.2 Å². The Hall–Kier alpha value is -2.90. The fraction of sp³-hybridized carbons (Fsp3) is 0.269. The Kier molecular flexibility index (Phi) is 7.62. The van der Waals surface area contributed by atoms with Crippen LogP contribution < -0.4 is 4.74 Å². The van der Waals surface area contributed by atoms with Gasteiger partial charge in [-0.1, -0.05) is 60.7 Å². The third-order valence-electron chi connectivity index (χ3n) is 5.23. The summed E-state index contributed by atoms with van der Waals surface area (Å²) in [5.41, 5.74) is 4.72. The molecule has 170 valence electrons. The van der Waals surface area contributed by atoms with E-state index >= 15 is 0 Å². The van der Waals surface area contributed by atoms with Crippen LogP contribution in [-0.4, -0.2) is 19.7 Å². The number of hydrogen-bond acceptors (Lipinski definition) is 6. The SMILES string of the molecule is C=CCn1c(SCc2csc(-c3cccc(C)c3)n2)nnc1C(C)Oc1ccc(CC)cc1. The molecule has 2 heterocycles. The Bertz CT molecular complexity index is 1210. The quantitative estimate of drug-likeness (QED) is 0.184. The van der Waals surface area contributed by atoms with Crippen molar-refractivity contribution in [2.24, 2.45) is 0 Å². The van der Waals surface area contributed by atoms with Crippen molar-refractivity contribution >= 4 is 23.1 Å². The topological polar surface area (TPSA) is 52.8 Å². The van der Waals surface area contributed by atoms with Crippen molar-refractivity contribution in [3.05, 3.63) is 89.2 Å².